The molecule has 0 spiro atoms. The molecule has 2 heterocycles. The Kier molecular flexibility index (Phi) is 7.40. The molecule has 0 aliphatic heterocycles. The van der Waals surface area contributed by atoms with Gasteiger partial charge in [0.2, 0.25) is 0 Å². The summed E-state index contributed by atoms with van der Waals surface area (Å²) in [7, 11) is 0. The van der Waals surface area contributed by atoms with Crippen LogP contribution in [0.1, 0.15) is 91.5 Å². The standard InChI is InChI=1S/2C15H21NO.Mo.2O/c2*1-13(2)11-7-8-14(13,3)15(17,10-11)12-6-4-5-9-16-12;;;/h2*4-6,9,11,17H,7-8,10H2,1-3H3;;;/t2*11-,14-,15+;;;/m11.../s1. The Morgan fingerprint density at radius 1 is 0.703 bits per heavy atom. The van der Waals surface area contributed by atoms with Crippen molar-refractivity contribution in [3.8, 4) is 0 Å². The number of aliphatic hydroxyl groups is 2. The van der Waals surface area contributed by atoms with Gasteiger partial charge in [-0.2, -0.15) is 0 Å². The number of nitrogens with zero attached hydrogens (tertiary/aromatic N) is 2. The Morgan fingerprint density at radius 3 is 1.27 bits per heavy atom. The molecule has 4 aliphatic carbocycles. The van der Waals surface area contributed by atoms with Gasteiger partial charge in [0.05, 0.1) is 11.4 Å². The van der Waals surface area contributed by atoms with Crippen LogP contribution in [0.25, 0.3) is 0 Å². The van der Waals surface area contributed by atoms with Gasteiger partial charge >= 0.3 is 25.3 Å². The molecule has 0 aromatic carbocycles. The van der Waals surface area contributed by atoms with Gasteiger partial charge in [-0.25, -0.2) is 0 Å². The summed E-state index contributed by atoms with van der Waals surface area (Å²) in [6, 6.07) is 11.7. The summed E-state index contributed by atoms with van der Waals surface area (Å²) in [5.74, 6) is 1.25. The SMILES string of the molecule is CC1(C)[C@@H]2CC[C@@]1(C)[C@@](O)(c1ccccn1)C2.CC1(C)[C@@H]2CC[C@@]1(C)[C@@](O)(c1ccccn1)C2.[O]=[Mo]=[O]. The average molecular weight is 591 g/mol. The summed E-state index contributed by atoms with van der Waals surface area (Å²) in [6.07, 6.45) is 10.0. The third-order valence-electron chi connectivity index (χ3n) is 12.0. The van der Waals surface area contributed by atoms with Gasteiger partial charge in [0, 0.05) is 23.2 Å². The first-order valence-corrected chi connectivity index (χ1v) is 15.1. The molecular weight excluding hydrogens is 548 g/mol. The fraction of sp³-hybridized carbons (Fsp3) is 0.667. The Morgan fingerprint density at radius 2 is 1.05 bits per heavy atom. The number of hydrogen-bond donors (Lipinski definition) is 2. The minimum atomic E-state index is -2.03. The molecule has 37 heavy (non-hydrogen) atoms. The number of pyridine rings is 2. The number of aromatic nitrogens is 2. The molecule has 2 aromatic heterocycles. The molecule has 6 rings (SSSR count). The van der Waals surface area contributed by atoms with Crippen molar-refractivity contribution >= 4 is 0 Å². The maximum atomic E-state index is 11.2. The second kappa shape index (κ2) is 9.61. The zero-order valence-corrected chi connectivity index (χ0v) is 25.0. The topological polar surface area (TPSA) is 100 Å². The van der Waals surface area contributed by atoms with Gasteiger partial charge in [0.15, 0.2) is 0 Å². The number of rotatable bonds is 2. The zero-order valence-electron chi connectivity index (χ0n) is 23.0. The monoisotopic (exact) mass is 592 g/mol. The van der Waals surface area contributed by atoms with Crippen LogP contribution in [0.4, 0.5) is 0 Å². The quantitative estimate of drug-likeness (QED) is 0.417. The summed E-state index contributed by atoms with van der Waals surface area (Å²) in [5, 5.41) is 22.4. The molecule has 6 nitrogen and oxygen atoms in total. The molecule has 4 aliphatic rings. The summed E-state index contributed by atoms with van der Waals surface area (Å²) in [4.78, 5) is 8.82. The Hall–Kier alpha value is -1.49. The molecule has 2 N–H and O–H groups in total. The van der Waals surface area contributed by atoms with Crippen LogP contribution in [0.5, 0.6) is 0 Å². The van der Waals surface area contributed by atoms with Gasteiger partial charge in [-0.1, -0.05) is 53.7 Å². The van der Waals surface area contributed by atoms with Crippen LogP contribution in [-0.4, -0.2) is 20.2 Å². The van der Waals surface area contributed by atoms with Crippen LogP contribution < -0.4 is 0 Å². The molecule has 2 aromatic rings. The van der Waals surface area contributed by atoms with Crippen molar-refractivity contribution in [2.45, 2.75) is 91.3 Å². The minimum absolute atomic E-state index is 0.0426. The molecule has 6 atom stereocenters. The van der Waals surface area contributed by atoms with Crippen molar-refractivity contribution in [3.63, 3.8) is 0 Å². The predicted octanol–water partition coefficient (Wildman–Crippen LogP) is 5.99. The van der Waals surface area contributed by atoms with Gasteiger partial charge < -0.3 is 10.2 Å². The summed E-state index contributed by atoms with van der Waals surface area (Å²) in [6.45, 7) is 13.7. The molecule has 7 heteroatoms. The fourth-order valence-corrected chi connectivity index (χ4v) is 8.54. The predicted molar refractivity (Wildman–Crippen MR) is 136 cm³/mol. The van der Waals surface area contributed by atoms with E-state index in [0.29, 0.717) is 11.8 Å². The van der Waals surface area contributed by atoms with Gasteiger partial charge in [-0.05, 0) is 85.5 Å². The van der Waals surface area contributed by atoms with Crippen molar-refractivity contribution in [3.05, 3.63) is 60.2 Å². The van der Waals surface area contributed by atoms with E-state index >= 15 is 0 Å². The zero-order chi connectivity index (χ0) is 27.3. The van der Waals surface area contributed by atoms with Crippen LogP contribution in [0.3, 0.4) is 0 Å². The third kappa shape index (κ3) is 3.92. The molecule has 202 valence electrons. The summed E-state index contributed by atoms with van der Waals surface area (Å²) >= 11 is -2.03. The molecular formula is C30H42MoN2O4. The molecule has 4 bridgehead atoms. The van der Waals surface area contributed by atoms with E-state index < -0.39 is 29.7 Å². The molecule has 0 amide bonds. The van der Waals surface area contributed by atoms with Crippen LogP contribution >= 0.6 is 0 Å². The Bertz CT molecular complexity index is 1070. The van der Waals surface area contributed by atoms with E-state index in [0.717, 1.165) is 37.1 Å². The second-order valence-electron chi connectivity index (χ2n) is 13.2. The van der Waals surface area contributed by atoms with Gasteiger partial charge in [0.25, 0.3) is 0 Å². The Labute approximate surface area is 229 Å². The number of hydrogen-bond acceptors (Lipinski definition) is 6. The van der Waals surface area contributed by atoms with Crippen LogP contribution in [0.15, 0.2) is 48.8 Å². The normalized spacial score (nSPS) is 39.8. The van der Waals surface area contributed by atoms with Crippen molar-refractivity contribution in [2.24, 2.45) is 33.5 Å². The molecule has 4 saturated carbocycles. The van der Waals surface area contributed by atoms with Crippen LogP contribution in [-0.2, 0) is 36.5 Å². The average Bonchev–Trinajstić information content (AvgIpc) is 3.37. The van der Waals surface area contributed by atoms with E-state index in [-0.39, 0.29) is 21.7 Å². The van der Waals surface area contributed by atoms with E-state index in [4.69, 9.17) is 6.80 Å². The Balaban J connectivity index is 0.000000157. The second-order valence-corrected chi connectivity index (χ2v) is 13.5. The fourth-order valence-electron chi connectivity index (χ4n) is 8.54. The number of fused-ring (bicyclic) bond motifs is 4. The third-order valence-corrected chi connectivity index (χ3v) is 12.0. The van der Waals surface area contributed by atoms with Gasteiger partial charge in [-0.3, -0.25) is 9.97 Å². The van der Waals surface area contributed by atoms with Gasteiger partial charge in [-0.15, -0.1) is 0 Å². The first-order chi connectivity index (χ1) is 17.2. The molecule has 0 radical (unpaired) electrons. The van der Waals surface area contributed by atoms with E-state index in [1.165, 1.54) is 12.8 Å². The van der Waals surface area contributed by atoms with E-state index in [9.17, 15) is 10.2 Å². The first-order valence-electron chi connectivity index (χ1n) is 13.4. The van der Waals surface area contributed by atoms with E-state index in [1.54, 1.807) is 12.4 Å². The van der Waals surface area contributed by atoms with Gasteiger partial charge in [0.1, 0.15) is 11.2 Å². The summed E-state index contributed by atoms with van der Waals surface area (Å²) in [5.41, 5.74) is 0.577. The van der Waals surface area contributed by atoms with Crippen LogP contribution in [0, 0.1) is 33.5 Å². The van der Waals surface area contributed by atoms with Crippen molar-refractivity contribution < 1.29 is 35.5 Å². The summed E-state index contributed by atoms with van der Waals surface area (Å²) < 4.78 is 17.0. The maximum absolute atomic E-state index is 11.2. The first kappa shape index (κ1) is 28.5. The molecule has 0 unspecified atom stereocenters. The van der Waals surface area contributed by atoms with Crippen molar-refractivity contribution in [1.29, 1.82) is 0 Å². The van der Waals surface area contributed by atoms with E-state index in [2.05, 4.69) is 51.5 Å². The van der Waals surface area contributed by atoms with Crippen molar-refractivity contribution in [1.82, 2.24) is 9.97 Å². The molecule has 4 fully saturated rings. The van der Waals surface area contributed by atoms with E-state index in [1.807, 2.05) is 36.4 Å². The van der Waals surface area contributed by atoms with Crippen LogP contribution in [0.2, 0.25) is 0 Å². The molecule has 0 saturated heterocycles. The van der Waals surface area contributed by atoms with Crippen molar-refractivity contribution in [2.75, 3.05) is 0 Å².